The van der Waals surface area contributed by atoms with E-state index in [0.717, 1.165) is 0 Å². The highest BCUT2D eigenvalue weighted by Crippen LogP contribution is 2.31. The van der Waals surface area contributed by atoms with E-state index in [-0.39, 0.29) is 4.90 Å². The maximum absolute atomic E-state index is 13.3. The summed E-state index contributed by atoms with van der Waals surface area (Å²) in [4.78, 5) is 12.6. The maximum atomic E-state index is 13.3. The normalized spacial score (nSPS) is 14.8. The molecular formula is C21H22N4O5S. The molecule has 0 aliphatic heterocycles. The van der Waals surface area contributed by atoms with Crippen LogP contribution in [0.4, 0.5) is 0 Å². The highest BCUT2D eigenvalue weighted by molar-refractivity contribution is 7.91. The molecular weight excluding hydrogens is 420 g/mol. The molecule has 2 aromatic carbocycles. The zero-order valence-corrected chi connectivity index (χ0v) is 17.4. The third kappa shape index (κ3) is 5.09. The van der Waals surface area contributed by atoms with Gasteiger partial charge in [-0.3, -0.25) is 10.1 Å². The van der Waals surface area contributed by atoms with Crippen molar-refractivity contribution in [3.8, 4) is 11.4 Å². The first kappa shape index (κ1) is 21.0. The van der Waals surface area contributed by atoms with Gasteiger partial charge in [0, 0.05) is 0 Å². The van der Waals surface area contributed by atoms with Crippen molar-refractivity contribution in [3.63, 3.8) is 0 Å². The van der Waals surface area contributed by atoms with E-state index < -0.39 is 27.7 Å². The third-order valence-corrected chi connectivity index (χ3v) is 6.92. The number of aromatic nitrogens is 3. The minimum absolute atomic E-state index is 0.0759. The van der Waals surface area contributed by atoms with E-state index in [1.54, 1.807) is 36.4 Å². The second-order valence-corrected chi connectivity index (χ2v) is 9.37. The maximum Gasteiger partial charge on any atom is 0.317 e. The average Bonchev–Trinajstić information content (AvgIpc) is 3.43. The van der Waals surface area contributed by atoms with Gasteiger partial charge in [-0.1, -0.05) is 12.1 Å². The quantitative estimate of drug-likeness (QED) is 0.490. The van der Waals surface area contributed by atoms with Gasteiger partial charge < -0.3 is 9.84 Å². The number of hydrogen-bond donors (Lipinski definition) is 2. The summed E-state index contributed by atoms with van der Waals surface area (Å²) < 4.78 is 32.3. The van der Waals surface area contributed by atoms with E-state index in [1.807, 2.05) is 0 Å². The summed E-state index contributed by atoms with van der Waals surface area (Å²) in [6.07, 6.45) is 5.40. The Labute approximate surface area is 179 Å². The van der Waals surface area contributed by atoms with Crippen LogP contribution in [0, 0.1) is 5.92 Å². The summed E-state index contributed by atoms with van der Waals surface area (Å²) in [7, 11) is -3.92. The van der Waals surface area contributed by atoms with E-state index in [9.17, 15) is 13.2 Å². The topological polar surface area (TPSA) is 123 Å². The summed E-state index contributed by atoms with van der Waals surface area (Å²) in [5.74, 6) is 0.0475. The first-order chi connectivity index (χ1) is 14.9. The summed E-state index contributed by atoms with van der Waals surface area (Å²) >= 11 is 0. The van der Waals surface area contributed by atoms with Gasteiger partial charge in [0.05, 0.1) is 36.1 Å². The van der Waals surface area contributed by atoms with Crippen molar-refractivity contribution in [1.29, 1.82) is 0 Å². The van der Waals surface area contributed by atoms with Crippen molar-refractivity contribution in [1.82, 2.24) is 20.3 Å². The van der Waals surface area contributed by atoms with Crippen molar-refractivity contribution in [2.24, 2.45) is 5.92 Å². The molecule has 1 fully saturated rings. The van der Waals surface area contributed by atoms with Crippen molar-refractivity contribution in [2.45, 2.75) is 23.1 Å². The van der Waals surface area contributed by atoms with Crippen molar-refractivity contribution in [2.75, 3.05) is 13.2 Å². The second kappa shape index (κ2) is 8.86. The van der Waals surface area contributed by atoms with Crippen LogP contribution < -0.4 is 10.1 Å². The molecule has 31 heavy (non-hydrogen) atoms. The number of sulfone groups is 1. The molecule has 162 valence electrons. The highest BCUT2D eigenvalue weighted by Gasteiger charge is 2.30. The van der Waals surface area contributed by atoms with Gasteiger partial charge in [-0.25, -0.2) is 8.42 Å². The van der Waals surface area contributed by atoms with Crippen LogP contribution in [0.25, 0.3) is 5.69 Å². The lowest BCUT2D eigenvalue weighted by Gasteiger charge is -2.19. The minimum atomic E-state index is -3.92. The number of rotatable bonds is 10. The Hall–Kier alpha value is -3.24. The van der Waals surface area contributed by atoms with Crippen molar-refractivity contribution >= 4 is 15.8 Å². The van der Waals surface area contributed by atoms with E-state index in [2.05, 4.69) is 15.5 Å². The molecule has 4 rings (SSSR count). The van der Waals surface area contributed by atoms with Crippen LogP contribution in [0.1, 0.15) is 23.8 Å². The highest BCUT2D eigenvalue weighted by atomic mass is 32.2. The number of nitrogens with one attached hydrogen (secondary N) is 1. The molecule has 0 spiro atoms. The van der Waals surface area contributed by atoms with E-state index >= 15 is 0 Å². The van der Waals surface area contributed by atoms with Gasteiger partial charge in [0.25, 0.3) is 0 Å². The first-order valence-electron chi connectivity index (χ1n) is 9.82. The predicted molar refractivity (Wildman–Crippen MR) is 112 cm³/mol. The molecule has 0 amide bonds. The van der Waals surface area contributed by atoms with Crippen molar-refractivity contribution in [3.05, 3.63) is 66.5 Å². The Morgan fingerprint density at radius 2 is 1.74 bits per heavy atom. The zero-order chi connectivity index (χ0) is 21.8. The molecule has 1 heterocycles. The molecule has 0 saturated heterocycles. The minimum Gasteiger partial charge on any atom is -0.493 e. The summed E-state index contributed by atoms with van der Waals surface area (Å²) in [5.41, 5.74) is 1.06. The van der Waals surface area contributed by atoms with Crippen LogP contribution in [0.2, 0.25) is 0 Å². The number of carbonyl (C=O) groups is 1. The van der Waals surface area contributed by atoms with E-state index in [4.69, 9.17) is 9.84 Å². The Kier molecular flexibility index (Phi) is 6.01. The largest absolute Gasteiger partial charge is 0.493 e. The number of nitrogens with zero attached hydrogens (tertiary/aromatic N) is 3. The van der Waals surface area contributed by atoms with Gasteiger partial charge in [0.15, 0.2) is 9.84 Å². The van der Waals surface area contributed by atoms with Crippen LogP contribution in [-0.2, 0) is 14.6 Å². The Morgan fingerprint density at radius 3 is 2.32 bits per heavy atom. The van der Waals surface area contributed by atoms with Gasteiger partial charge in [-0.05, 0) is 60.7 Å². The molecule has 1 aromatic heterocycles. The molecule has 1 saturated carbocycles. The zero-order valence-electron chi connectivity index (χ0n) is 16.6. The number of carboxylic acids is 1. The Balaban J connectivity index is 1.58. The number of ether oxygens (including phenoxy) is 1. The fourth-order valence-corrected chi connectivity index (χ4v) is 4.68. The van der Waals surface area contributed by atoms with Crippen LogP contribution >= 0.6 is 0 Å². The van der Waals surface area contributed by atoms with E-state index in [1.165, 1.54) is 42.2 Å². The van der Waals surface area contributed by atoms with Crippen LogP contribution in [0.15, 0.2) is 65.8 Å². The van der Waals surface area contributed by atoms with Crippen LogP contribution in [0.5, 0.6) is 5.75 Å². The Morgan fingerprint density at radius 1 is 1.10 bits per heavy atom. The monoisotopic (exact) mass is 442 g/mol. The standard InChI is InChI=1S/C21H22N4O5S/c26-20(27)13-22-21(16-3-5-17(6-4-16)25-23-11-12-24-25)31(28,29)19-9-7-18(8-10-19)30-14-15-1-2-15/h3-12,15,21-22H,1-2,13-14H2,(H,26,27). The summed E-state index contributed by atoms with van der Waals surface area (Å²) in [6, 6.07) is 12.8. The average molecular weight is 442 g/mol. The second-order valence-electron chi connectivity index (χ2n) is 7.34. The van der Waals surface area contributed by atoms with Crippen molar-refractivity contribution < 1.29 is 23.1 Å². The molecule has 1 atom stereocenters. The predicted octanol–water partition coefficient (Wildman–Crippen LogP) is 2.20. The molecule has 9 nitrogen and oxygen atoms in total. The number of carboxylic acid groups (broad SMARTS) is 1. The number of benzene rings is 2. The Bertz CT molecular complexity index is 1130. The molecule has 3 aromatic rings. The third-order valence-electron chi connectivity index (χ3n) is 4.93. The van der Waals surface area contributed by atoms with Crippen LogP contribution in [0.3, 0.4) is 0 Å². The van der Waals surface area contributed by atoms with Gasteiger partial charge in [0.2, 0.25) is 0 Å². The lowest BCUT2D eigenvalue weighted by Crippen LogP contribution is -2.33. The van der Waals surface area contributed by atoms with Gasteiger partial charge in [0.1, 0.15) is 11.1 Å². The molecule has 1 unspecified atom stereocenters. The van der Waals surface area contributed by atoms with Crippen LogP contribution in [-0.4, -0.2) is 47.6 Å². The molecule has 2 N–H and O–H groups in total. The number of aliphatic carboxylic acids is 1. The summed E-state index contributed by atoms with van der Waals surface area (Å²) in [6.45, 7) is 0.126. The van der Waals surface area contributed by atoms with Gasteiger partial charge >= 0.3 is 5.97 Å². The molecule has 0 bridgehead atoms. The molecule has 1 aliphatic rings. The number of hydrogen-bond acceptors (Lipinski definition) is 7. The SMILES string of the molecule is O=C(O)CNC(c1ccc(-n2nccn2)cc1)S(=O)(=O)c1ccc(OCC2CC2)cc1. The first-order valence-corrected chi connectivity index (χ1v) is 11.4. The molecule has 1 aliphatic carbocycles. The fraction of sp³-hybridized carbons (Fsp3) is 0.286. The summed E-state index contributed by atoms with van der Waals surface area (Å²) in [5, 5.41) is 18.5. The van der Waals surface area contributed by atoms with Gasteiger partial charge in [-0.15, -0.1) is 0 Å². The lowest BCUT2D eigenvalue weighted by molar-refractivity contribution is -0.136. The van der Waals surface area contributed by atoms with Gasteiger partial charge in [-0.2, -0.15) is 15.0 Å². The lowest BCUT2D eigenvalue weighted by atomic mass is 10.2. The van der Waals surface area contributed by atoms with E-state index in [0.29, 0.717) is 29.5 Å². The fourth-order valence-electron chi connectivity index (χ4n) is 3.08. The molecule has 10 heteroatoms. The molecule has 0 radical (unpaired) electrons. The smallest absolute Gasteiger partial charge is 0.317 e.